The average molecular weight is 1460 g/mol. The van der Waals surface area contributed by atoms with E-state index < -0.39 is 119 Å². The van der Waals surface area contributed by atoms with E-state index in [1.54, 1.807) is 0 Å². The molecule has 2 saturated heterocycles. The fourth-order valence-electron chi connectivity index (χ4n) is 15.4. The van der Waals surface area contributed by atoms with Gasteiger partial charge in [0.15, 0.2) is 17.7 Å². The lowest BCUT2D eigenvalue weighted by Crippen LogP contribution is -2.67. The van der Waals surface area contributed by atoms with Crippen molar-refractivity contribution in [1.82, 2.24) is 51.2 Å². The zero-order chi connectivity index (χ0) is 71.5. The highest BCUT2D eigenvalue weighted by Gasteiger charge is 2.71. The van der Waals surface area contributed by atoms with Gasteiger partial charge < -0.3 is 71.2 Å². The quantitative estimate of drug-likeness (QED) is 0.0160. The Bertz CT molecular complexity index is 3530. The van der Waals surface area contributed by atoms with Crippen molar-refractivity contribution in [1.29, 1.82) is 0 Å². The Balaban J connectivity index is 0.588. The summed E-state index contributed by atoms with van der Waals surface area (Å²) in [6.07, 6.45) is 0.317. The summed E-state index contributed by atoms with van der Waals surface area (Å²) in [5.74, 6) is -3.56. The van der Waals surface area contributed by atoms with Crippen molar-refractivity contribution in [3.05, 3.63) is 24.3 Å². The van der Waals surface area contributed by atoms with Gasteiger partial charge in [0, 0.05) is 80.4 Å². The predicted molar refractivity (Wildman–Crippen MR) is 340 cm³/mol. The molecule has 0 bridgehead atoms. The number of amides is 7. The Kier molecular flexibility index (Phi) is 24.3. The minimum Gasteiger partial charge on any atom is -0.458 e. The Morgan fingerprint density at radius 2 is 1.56 bits per heavy atom. The number of nitrogens with one attached hydrogen (secondary N) is 5. The summed E-state index contributed by atoms with van der Waals surface area (Å²) in [5, 5.41) is 53.5. The molecule has 17 atom stereocenters. The number of esters is 1. The molecular weight excluding hydrogens is 1380 g/mol. The number of hydrogen-bond acceptors (Lipinski definition) is 26. The molecule has 0 radical (unpaired) electrons. The van der Waals surface area contributed by atoms with Gasteiger partial charge in [0.2, 0.25) is 41.4 Å². The first-order valence-electron chi connectivity index (χ1n) is 32.4. The number of rotatable bonds is 31. The Hall–Kier alpha value is -5.43. The van der Waals surface area contributed by atoms with E-state index in [9.17, 15) is 92.1 Å². The van der Waals surface area contributed by atoms with Gasteiger partial charge in [0.25, 0.3) is 0 Å². The summed E-state index contributed by atoms with van der Waals surface area (Å²) in [6, 6.07) is -0.0883. The van der Waals surface area contributed by atoms with Crippen molar-refractivity contribution in [2.75, 3.05) is 50.9 Å². The van der Waals surface area contributed by atoms with Crippen LogP contribution in [0, 0.1) is 39.9 Å². The van der Waals surface area contributed by atoms with Gasteiger partial charge in [-0.15, -0.1) is 11.8 Å². The number of cyclic esters (lactones) is 1. The maximum atomic E-state index is 13.1. The van der Waals surface area contributed by atoms with Crippen molar-refractivity contribution in [2.45, 2.75) is 184 Å². The molecule has 0 spiro atoms. The first-order chi connectivity index (χ1) is 46.0. The molecule has 6 fully saturated rings. The number of aromatic nitrogens is 4. The third-order valence-electron chi connectivity index (χ3n) is 20.7. The molecular formula is C58H88N11O25P3S. The summed E-state index contributed by atoms with van der Waals surface area (Å²) >= 11 is 1.17. The van der Waals surface area contributed by atoms with E-state index >= 15 is 0 Å². The summed E-state index contributed by atoms with van der Waals surface area (Å²) in [6.45, 7) is 4.72. The number of ether oxygens (including phenoxy) is 2. The van der Waals surface area contributed by atoms with Gasteiger partial charge in [-0.2, -0.15) is 4.31 Å². The smallest absolute Gasteiger partial charge is 0.458 e. The first kappa shape index (κ1) is 76.7. The van der Waals surface area contributed by atoms with Gasteiger partial charge in [-0.25, -0.2) is 33.4 Å². The zero-order valence-electron chi connectivity index (χ0n) is 54.5. The SMILES string of the molecule is CC(C)(COP(=O)(O)OP(=O)(O)OC[C@H]1O[C@@H](n2cnc3c(N)ncnc32)[C@@H](O)C1OP(=O)(O)O)[C@@H](O)C(=O)NCCC(=O)NCCS[C@H]1CC(=O)N(CCCCCC(=O)NNC(=O)CCC(=O)N[C@H]2CC[C@@]3(C)[C@H](CC[C@@H]4[C@H]3C[C@@H](O)[C@]3(C)[C@@H](C5=CC(=O)OC5)CC[C@]43O)C2)C1=O. The number of imidazole rings is 1. The molecule has 9 rings (SSSR count). The number of fused-ring (bicyclic) bond motifs is 6. The molecule has 40 heteroatoms. The molecule has 2 aromatic rings. The van der Waals surface area contributed by atoms with Gasteiger partial charge in [0.05, 0.1) is 36.5 Å². The van der Waals surface area contributed by atoms with Crippen LogP contribution < -0.4 is 32.5 Å². The van der Waals surface area contributed by atoms with E-state index in [-0.39, 0.29) is 140 Å². The molecule has 3 unspecified atom stereocenters. The Labute approximate surface area is 567 Å². The number of unbranched alkanes of at least 4 members (excludes halogenated alkanes) is 2. The van der Waals surface area contributed by atoms with Gasteiger partial charge in [-0.05, 0) is 98.9 Å². The molecule has 7 aliphatic rings. The van der Waals surface area contributed by atoms with Crippen LogP contribution in [0.5, 0.6) is 0 Å². The number of nitrogen functional groups attached to an aromatic ring is 1. The van der Waals surface area contributed by atoms with Crippen LogP contribution in [0.4, 0.5) is 5.82 Å². The number of phosphoric ester groups is 3. The first-order valence-corrected chi connectivity index (χ1v) is 38.0. The number of carbonyl (C=O) groups excluding carboxylic acids is 8. The van der Waals surface area contributed by atoms with Crippen LogP contribution in [-0.4, -0.2) is 204 Å². The second-order valence-electron chi connectivity index (χ2n) is 27.3. The Morgan fingerprint density at radius 3 is 2.28 bits per heavy atom. The third kappa shape index (κ3) is 17.5. The summed E-state index contributed by atoms with van der Waals surface area (Å²) < 4.78 is 68.0. The molecule has 36 nitrogen and oxygen atoms in total. The number of imide groups is 1. The molecule has 4 aliphatic carbocycles. The Morgan fingerprint density at radius 1 is 0.847 bits per heavy atom. The maximum Gasteiger partial charge on any atom is 0.481 e. The number of nitrogens with two attached hydrogens (primary N) is 1. The molecule has 0 aromatic carbocycles. The number of phosphoric acid groups is 3. The molecule has 15 N–H and O–H groups in total. The van der Waals surface area contributed by atoms with Crippen molar-refractivity contribution in [2.24, 2.45) is 39.9 Å². The second kappa shape index (κ2) is 31.0. The molecule has 98 heavy (non-hydrogen) atoms. The number of hydrazine groups is 1. The largest absolute Gasteiger partial charge is 0.481 e. The van der Waals surface area contributed by atoms with E-state index in [0.29, 0.717) is 38.5 Å². The van der Waals surface area contributed by atoms with Crippen LogP contribution in [0.15, 0.2) is 24.3 Å². The van der Waals surface area contributed by atoms with Crippen LogP contribution in [0.2, 0.25) is 0 Å². The van der Waals surface area contributed by atoms with Crippen molar-refractivity contribution < 1.29 is 119 Å². The second-order valence-corrected chi connectivity index (χ2v) is 32.9. The highest BCUT2D eigenvalue weighted by Crippen LogP contribution is 2.70. The lowest BCUT2D eigenvalue weighted by molar-refractivity contribution is -0.243. The molecule has 4 saturated carbocycles. The molecule has 546 valence electrons. The van der Waals surface area contributed by atoms with Crippen molar-refractivity contribution in [3.8, 4) is 0 Å². The van der Waals surface area contributed by atoms with E-state index in [4.69, 9.17) is 24.3 Å². The average Bonchev–Trinajstić information content (AvgIpc) is 1.40. The lowest BCUT2D eigenvalue weighted by atomic mass is 9.42. The predicted octanol–water partition coefficient (Wildman–Crippen LogP) is 0.466. The van der Waals surface area contributed by atoms with Crippen LogP contribution in [0.1, 0.15) is 137 Å². The fourth-order valence-corrected chi connectivity index (χ4v) is 19.3. The highest BCUT2D eigenvalue weighted by atomic mass is 32.2. The van der Waals surface area contributed by atoms with Gasteiger partial charge in [-0.3, -0.25) is 67.5 Å². The van der Waals surface area contributed by atoms with E-state index in [1.807, 2.05) is 6.92 Å². The van der Waals surface area contributed by atoms with E-state index in [1.165, 1.54) is 31.7 Å². The standard InChI is InChI=1S/C58H88N11O25P3S/c1-55(2,28-91-97(87,88)94-96(85,86)90-27-37-48(93-95(82,83)84)47(77)54(92-37)69-30-64-46-50(59)62-29-63-51(46)69)49(78)52(79)61-18-15-40(71)60-19-21-98-38-25-44(75)68(53(38)80)20-7-5-6-8-42(73)66-67-43(74)12-11-41(72)65-33-13-16-56(3)32(23-33)9-10-35-36(56)24-39(70)57(4)34(14-17-58(35,57)81)31-22-45(76)89-26-31/h22,29-30,32-39,47-49,54,70,77-78,81H,5-21,23-28H2,1-4H3,(H,60,71)(H,61,79)(H,65,72)(H,66,73)(H,67,74)(H,85,86)(H,87,88)(H2,59,62,63)(H2,82,83,84)/t32-,33+,34-,35-,36-,37-,38+,39-,47+,48?,49+,54-,56+,57+,58+/m1/s1. The van der Waals surface area contributed by atoms with Crippen LogP contribution in [0.3, 0.4) is 0 Å². The number of aliphatic hydroxyl groups excluding tert-OH is 3. The van der Waals surface area contributed by atoms with Crippen LogP contribution >= 0.6 is 35.2 Å². The van der Waals surface area contributed by atoms with Crippen molar-refractivity contribution >= 4 is 99.5 Å². The summed E-state index contributed by atoms with van der Waals surface area (Å²) in [5.41, 5.74) is 7.72. The number of aliphatic hydroxyl groups is 4. The number of carbonyl (C=O) groups is 8. The third-order valence-corrected chi connectivity index (χ3v) is 25.0. The topological polar surface area (TPSA) is 538 Å². The monoisotopic (exact) mass is 1460 g/mol. The molecule has 2 aromatic heterocycles. The van der Waals surface area contributed by atoms with Crippen LogP contribution in [-0.2, 0) is 79.4 Å². The molecule has 5 heterocycles. The summed E-state index contributed by atoms with van der Waals surface area (Å²) in [4.78, 5) is 154. The van der Waals surface area contributed by atoms with Crippen molar-refractivity contribution in [3.63, 3.8) is 0 Å². The fraction of sp³-hybridized carbons (Fsp3) is 0.741. The van der Waals surface area contributed by atoms with Gasteiger partial charge in [0.1, 0.15) is 42.9 Å². The number of thioether (sulfide) groups is 1. The number of anilines is 1. The number of nitrogens with zero attached hydrogens (tertiary/aromatic N) is 5. The lowest BCUT2D eigenvalue weighted by Gasteiger charge is -2.65. The minimum absolute atomic E-state index is 0.000847. The molecule has 3 aliphatic heterocycles. The van der Waals surface area contributed by atoms with E-state index in [0.717, 1.165) is 59.8 Å². The van der Waals surface area contributed by atoms with Gasteiger partial charge in [-0.1, -0.05) is 34.1 Å². The van der Waals surface area contributed by atoms with E-state index in [2.05, 4.69) is 57.5 Å². The zero-order valence-corrected chi connectivity index (χ0v) is 58.0. The highest BCUT2D eigenvalue weighted by molar-refractivity contribution is 8.00. The summed E-state index contributed by atoms with van der Waals surface area (Å²) in [7, 11) is -16.6. The minimum atomic E-state index is -5.64. The number of hydrogen-bond donors (Lipinski definition) is 14. The normalized spacial score (nSPS) is 31.6. The van der Waals surface area contributed by atoms with Gasteiger partial charge >= 0.3 is 29.4 Å². The maximum absolute atomic E-state index is 13.1. The molecule has 7 amide bonds. The van der Waals surface area contributed by atoms with Crippen LogP contribution in [0.25, 0.3) is 11.2 Å². The number of likely N-dealkylation sites (tertiary alicyclic amines) is 1.